The molecule has 0 aromatic heterocycles. The summed E-state index contributed by atoms with van der Waals surface area (Å²) in [4.78, 5) is 10.9. The van der Waals surface area contributed by atoms with Gasteiger partial charge in [-0.25, -0.2) is 0 Å². The Morgan fingerprint density at radius 3 is 2.57 bits per heavy atom. The van der Waals surface area contributed by atoms with Crippen LogP contribution in [0.15, 0.2) is 30.3 Å². The average Bonchev–Trinajstić information content (AvgIpc) is 2.17. The van der Waals surface area contributed by atoms with E-state index in [-0.39, 0.29) is 41.9 Å². The Balaban J connectivity index is 0.00000169. The van der Waals surface area contributed by atoms with Crippen molar-refractivity contribution in [3.8, 4) is 6.07 Å². The molecule has 1 radical (unpaired) electrons. The summed E-state index contributed by atoms with van der Waals surface area (Å²) in [5, 5.41) is 10.9. The maximum absolute atomic E-state index is 10.9. The average molecular weight is 197 g/mol. The van der Waals surface area contributed by atoms with Crippen molar-refractivity contribution in [2.75, 3.05) is 0 Å². The molecule has 1 N–H and O–H groups in total. The van der Waals surface area contributed by atoms with Crippen molar-refractivity contribution in [2.24, 2.45) is 0 Å². The fourth-order valence-corrected chi connectivity index (χ4v) is 0.931. The second kappa shape index (κ2) is 7.57. The van der Waals surface area contributed by atoms with Gasteiger partial charge in [0.25, 0.3) is 0 Å². The van der Waals surface area contributed by atoms with E-state index < -0.39 is 0 Å². The van der Waals surface area contributed by atoms with Crippen LogP contribution in [-0.4, -0.2) is 35.5 Å². The zero-order chi connectivity index (χ0) is 9.52. The SMILES string of the molecule is N#CCC(=O)NCc1ccccc1.[Na]. The molecule has 0 aliphatic heterocycles. The van der Waals surface area contributed by atoms with Gasteiger partial charge in [-0.2, -0.15) is 5.26 Å². The third-order valence-electron chi connectivity index (χ3n) is 1.57. The Hall–Kier alpha value is -0.820. The number of rotatable bonds is 3. The summed E-state index contributed by atoms with van der Waals surface area (Å²) in [7, 11) is 0. The first-order valence-corrected chi connectivity index (χ1v) is 4.00. The largest absolute Gasteiger partial charge is 0.351 e. The van der Waals surface area contributed by atoms with E-state index >= 15 is 0 Å². The van der Waals surface area contributed by atoms with Crippen LogP contribution in [0.1, 0.15) is 12.0 Å². The van der Waals surface area contributed by atoms with Crippen molar-refractivity contribution in [3.05, 3.63) is 35.9 Å². The van der Waals surface area contributed by atoms with Gasteiger partial charge in [0.05, 0.1) is 6.07 Å². The molecule has 0 aliphatic rings. The number of hydrogen-bond acceptors (Lipinski definition) is 2. The van der Waals surface area contributed by atoms with Gasteiger partial charge in [0.1, 0.15) is 6.42 Å². The summed E-state index contributed by atoms with van der Waals surface area (Å²) in [6.07, 6.45) is -0.0766. The molecule has 0 saturated heterocycles. The molecular weight excluding hydrogens is 187 g/mol. The molecule has 1 aromatic rings. The normalized spacial score (nSPS) is 8.21. The number of amides is 1. The molecule has 14 heavy (non-hydrogen) atoms. The molecule has 1 rings (SSSR count). The first-order valence-electron chi connectivity index (χ1n) is 4.00. The standard InChI is InChI=1S/C10H10N2O.Na/c11-7-6-10(13)12-8-9-4-2-1-3-5-9;/h1-5H,6,8H2,(H,12,13);. The van der Waals surface area contributed by atoms with E-state index in [1.54, 1.807) is 6.07 Å². The van der Waals surface area contributed by atoms with Gasteiger partial charge in [0.2, 0.25) is 5.91 Å². The van der Waals surface area contributed by atoms with Crippen molar-refractivity contribution in [1.29, 1.82) is 5.26 Å². The van der Waals surface area contributed by atoms with E-state index in [9.17, 15) is 4.79 Å². The molecule has 0 atom stereocenters. The third-order valence-corrected chi connectivity index (χ3v) is 1.57. The molecule has 0 heterocycles. The minimum Gasteiger partial charge on any atom is -0.351 e. The van der Waals surface area contributed by atoms with Crippen LogP contribution in [0.2, 0.25) is 0 Å². The Labute approximate surface area is 105 Å². The van der Waals surface area contributed by atoms with Gasteiger partial charge in [0, 0.05) is 36.1 Å². The van der Waals surface area contributed by atoms with Crippen molar-refractivity contribution in [3.63, 3.8) is 0 Å². The van der Waals surface area contributed by atoms with Crippen LogP contribution in [0.5, 0.6) is 0 Å². The zero-order valence-electron chi connectivity index (χ0n) is 8.16. The van der Waals surface area contributed by atoms with Crippen molar-refractivity contribution < 1.29 is 4.79 Å². The Morgan fingerprint density at radius 2 is 2.00 bits per heavy atom. The number of nitrogens with zero attached hydrogens (tertiary/aromatic N) is 1. The number of benzene rings is 1. The van der Waals surface area contributed by atoms with E-state index in [1.807, 2.05) is 30.3 Å². The smallest absolute Gasteiger partial charge is 0.234 e. The monoisotopic (exact) mass is 197 g/mol. The molecule has 0 bridgehead atoms. The summed E-state index contributed by atoms with van der Waals surface area (Å²) in [6.45, 7) is 0.487. The van der Waals surface area contributed by atoms with Gasteiger partial charge in [-0.15, -0.1) is 0 Å². The van der Waals surface area contributed by atoms with Gasteiger partial charge in [-0.3, -0.25) is 4.79 Å². The molecule has 1 aromatic carbocycles. The van der Waals surface area contributed by atoms with Crippen LogP contribution >= 0.6 is 0 Å². The molecule has 0 fully saturated rings. The molecule has 0 saturated carbocycles. The van der Waals surface area contributed by atoms with Gasteiger partial charge < -0.3 is 5.32 Å². The summed E-state index contributed by atoms with van der Waals surface area (Å²) in [6, 6.07) is 11.4. The summed E-state index contributed by atoms with van der Waals surface area (Å²) < 4.78 is 0. The first-order chi connectivity index (χ1) is 6.33. The second-order valence-electron chi connectivity index (χ2n) is 2.60. The molecule has 3 nitrogen and oxygen atoms in total. The minimum atomic E-state index is -0.230. The number of hydrogen-bond donors (Lipinski definition) is 1. The van der Waals surface area contributed by atoms with Crippen molar-refractivity contribution >= 4 is 35.5 Å². The summed E-state index contributed by atoms with van der Waals surface area (Å²) in [5.41, 5.74) is 1.04. The minimum absolute atomic E-state index is 0. The number of nitriles is 1. The van der Waals surface area contributed by atoms with Gasteiger partial charge in [0.15, 0.2) is 0 Å². The summed E-state index contributed by atoms with van der Waals surface area (Å²) >= 11 is 0. The third kappa shape index (κ3) is 5.03. The van der Waals surface area contributed by atoms with E-state index in [4.69, 9.17) is 5.26 Å². The van der Waals surface area contributed by atoms with Gasteiger partial charge >= 0.3 is 0 Å². The maximum atomic E-state index is 10.9. The topological polar surface area (TPSA) is 52.9 Å². The molecule has 1 amide bonds. The summed E-state index contributed by atoms with van der Waals surface area (Å²) in [5.74, 6) is -0.230. The van der Waals surface area contributed by atoms with Crippen LogP contribution in [0.25, 0.3) is 0 Å². The van der Waals surface area contributed by atoms with Gasteiger partial charge in [-0.1, -0.05) is 30.3 Å². The molecule has 0 spiro atoms. The maximum Gasteiger partial charge on any atom is 0.234 e. The first kappa shape index (κ1) is 13.2. The van der Waals surface area contributed by atoms with Crippen LogP contribution in [0.3, 0.4) is 0 Å². The molecular formula is C10H10N2NaO. The number of carbonyl (C=O) groups excluding carboxylic acids is 1. The molecule has 0 unspecified atom stereocenters. The quantitative estimate of drug-likeness (QED) is 0.730. The fourth-order valence-electron chi connectivity index (χ4n) is 0.931. The van der Waals surface area contributed by atoms with E-state index in [0.717, 1.165) is 5.56 Å². The van der Waals surface area contributed by atoms with Gasteiger partial charge in [-0.05, 0) is 5.56 Å². The Bertz CT molecular complexity index is 319. The van der Waals surface area contributed by atoms with E-state index in [1.165, 1.54) is 0 Å². The second-order valence-corrected chi connectivity index (χ2v) is 2.60. The molecule has 67 valence electrons. The number of carbonyl (C=O) groups is 1. The Morgan fingerprint density at radius 1 is 1.36 bits per heavy atom. The van der Waals surface area contributed by atoms with Crippen LogP contribution in [0, 0.1) is 11.3 Å². The molecule has 4 heteroatoms. The van der Waals surface area contributed by atoms with Crippen LogP contribution in [0.4, 0.5) is 0 Å². The van der Waals surface area contributed by atoms with Crippen molar-refractivity contribution in [2.45, 2.75) is 13.0 Å². The van der Waals surface area contributed by atoms with E-state index in [2.05, 4.69) is 5.32 Å². The van der Waals surface area contributed by atoms with Crippen LogP contribution < -0.4 is 5.32 Å². The van der Waals surface area contributed by atoms with Crippen LogP contribution in [-0.2, 0) is 11.3 Å². The molecule has 0 aliphatic carbocycles. The predicted molar refractivity (Wildman–Crippen MR) is 54.3 cm³/mol. The predicted octanol–water partition coefficient (Wildman–Crippen LogP) is 0.836. The number of nitrogens with one attached hydrogen (secondary N) is 1. The Kier molecular flexibility index (Phi) is 7.13. The van der Waals surface area contributed by atoms with Crippen molar-refractivity contribution in [1.82, 2.24) is 5.32 Å². The van der Waals surface area contributed by atoms with E-state index in [0.29, 0.717) is 6.54 Å². The fraction of sp³-hybridized carbons (Fsp3) is 0.200. The zero-order valence-corrected chi connectivity index (χ0v) is 10.2.